The molecule has 0 spiro atoms. The van der Waals surface area contributed by atoms with Gasteiger partial charge in [0.15, 0.2) is 5.13 Å². The molecule has 1 aliphatic heterocycles. The smallest absolute Gasteiger partial charge is 0.233 e. The average Bonchev–Trinajstić information content (AvgIpc) is 3.46. The molecule has 1 amide bonds. The van der Waals surface area contributed by atoms with Crippen LogP contribution in [-0.2, 0) is 22.4 Å². The van der Waals surface area contributed by atoms with Gasteiger partial charge >= 0.3 is 0 Å². The van der Waals surface area contributed by atoms with Crippen LogP contribution >= 0.6 is 11.3 Å². The molecule has 0 bridgehead atoms. The van der Waals surface area contributed by atoms with Gasteiger partial charge in [-0.25, -0.2) is 4.98 Å². The number of carbonyl (C=O) groups is 1. The number of thiazole rings is 1. The zero-order valence-electron chi connectivity index (χ0n) is 17.7. The highest BCUT2D eigenvalue weighted by atomic mass is 32.1. The molecule has 1 atom stereocenters. The number of anilines is 1. The maximum Gasteiger partial charge on any atom is 0.233 e. The molecule has 31 heavy (non-hydrogen) atoms. The summed E-state index contributed by atoms with van der Waals surface area (Å²) in [4.78, 5) is 20.3. The Hall–Kier alpha value is -2.76. The number of hydrogen-bond acceptors (Lipinski definition) is 4. The Morgan fingerprint density at radius 2 is 2.03 bits per heavy atom. The minimum absolute atomic E-state index is 0.0709. The van der Waals surface area contributed by atoms with E-state index in [0.29, 0.717) is 13.0 Å². The van der Waals surface area contributed by atoms with E-state index in [1.807, 2.05) is 23.1 Å². The summed E-state index contributed by atoms with van der Waals surface area (Å²) in [6, 6.07) is 20.8. The van der Waals surface area contributed by atoms with Crippen molar-refractivity contribution in [2.75, 3.05) is 18.1 Å². The average molecular weight is 431 g/mol. The van der Waals surface area contributed by atoms with E-state index in [9.17, 15) is 4.79 Å². The van der Waals surface area contributed by atoms with Crippen molar-refractivity contribution < 1.29 is 9.53 Å². The lowest BCUT2D eigenvalue weighted by molar-refractivity contribution is -0.118. The van der Waals surface area contributed by atoms with Crippen molar-refractivity contribution in [1.29, 1.82) is 0 Å². The van der Waals surface area contributed by atoms with Crippen LogP contribution < -0.4 is 4.90 Å². The van der Waals surface area contributed by atoms with Crippen LogP contribution in [0, 0.1) is 0 Å². The molecule has 1 unspecified atom stereocenters. The van der Waals surface area contributed by atoms with Crippen LogP contribution in [0.5, 0.6) is 0 Å². The van der Waals surface area contributed by atoms with Gasteiger partial charge in [-0.2, -0.15) is 0 Å². The van der Waals surface area contributed by atoms with Crippen molar-refractivity contribution in [1.82, 2.24) is 4.98 Å². The lowest BCUT2D eigenvalue weighted by atomic mass is 10.0. The summed E-state index contributed by atoms with van der Waals surface area (Å²) in [5, 5.41) is 3.06. The number of rotatable bonds is 6. The van der Waals surface area contributed by atoms with E-state index in [1.54, 1.807) is 11.3 Å². The Morgan fingerprint density at radius 1 is 1.16 bits per heavy atom. The first kappa shape index (κ1) is 20.2. The second-order valence-corrected chi connectivity index (χ2v) is 9.12. The molecule has 1 saturated heterocycles. The molecule has 4 nitrogen and oxygen atoms in total. The predicted octanol–water partition coefficient (Wildman–Crippen LogP) is 5.77. The van der Waals surface area contributed by atoms with Crippen LogP contribution in [-0.4, -0.2) is 30.1 Å². The molecule has 4 aromatic rings. The standard InChI is InChI=1S/C26H26N2O2S/c1-2-18-12-13-23-24(15-18)31-26(27-23)28(17-21-10-6-14-30-21)25(29)16-20-9-5-8-19-7-3-4-11-22(19)20/h3-5,7-9,11-13,15,21H,2,6,10,14,16-17H2,1H3. The highest BCUT2D eigenvalue weighted by Gasteiger charge is 2.26. The maximum absolute atomic E-state index is 13.6. The first-order valence-electron chi connectivity index (χ1n) is 11.0. The van der Waals surface area contributed by atoms with Crippen molar-refractivity contribution in [2.45, 2.75) is 38.7 Å². The molecule has 0 saturated carbocycles. The molecule has 2 heterocycles. The number of aromatic nitrogens is 1. The van der Waals surface area contributed by atoms with Gasteiger partial charge in [-0.05, 0) is 53.3 Å². The Morgan fingerprint density at radius 3 is 2.87 bits per heavy atom. The third kappa shape index (κ3) is 4.21. The summed E-state index contributed by atoms with van der Waals surface area (Å²) in [6.07, 6.45) is 3.46. The molecular formula is C26H26N2O2S. The molecule has 0 radical (unpaired) electrons. The number of amides is 1. The Balaban J connectivity index is 1.48. The lowest BCUT2D eigenvalue weighted by Gasteiger charge is -2.23. The van der Waals surface area contributed by atoms with E-state index in [-0.39, 0.29) is 12.0 Å². The predicted molar refractivity (Wildman–Crippen MR) is 128 cm³/mol. The summed E-state index contributed by atoms with van der Waals surface area (Å²) in [6.45, 7) is 3.49. The summed E-state index contributed by atoms with van der Waals surface area (Å²) in [7, 11) is 0. The number of carbonyl (C=O) groups excluding carboxylic acids is 1. The molecule has 1 aliphatic rings. The van der Waals surface area contributed by atoms with Crippen LogP contribution in [0.25, 0.3) is 21.0 Å². The van der Waals surface area contributed by atoms with E-state index < -0.39 is 0 Å². The van der Waals surface area contributed by atoms with Gasteiger partial charge in [0.05, 0.1) is 29.3 Å². The quantitative estimate of drug-likeness (QED) is 0.390. The Bertz CT molecular complexity index is 1220. The molecule has 5 rings (SSSR count). The second kappa shape index (κ2) is 8.77. The zero-order chi connectivity index (χ0) is 21.2. The topological polar surface area (TPSA) is 42.4 Å². The zero-order valence-corrected chi connectivity index (χ0v) is 18.5. The van der Waals surface area contributed by atoms with Gasteiger partial charge in [-0.15, -0.1) is 0 Å². The molecule has 158 valence electrons. The summed E-state index contributed by atoms with van der Waals surface area (Å²) >= 11 is 1.60. The summed E-state index contributed by atoms with van der Waals surface area (Å²) < 4.78 is 7.00. The van der Waals surface area contributed by atoms with E-state index in [0.717, 1.165) is 57.6 Å². The fraction of sp³-hybridized carbons (Fsp3) is 0.308. The number of aryl methyl sites for hydroxylation is 1. The molecule has 0 aliphatic carbocycles. The van der Waals surface area contributed by atoms with Crippen LogP contribution in [0.3, 0.4) is 0 Å². The molecular weight excluding hydrogens is 404 g/mol. The fourth-order valence-corrected chi connectivity index (χ4v) is 5.33. The van der Waals surface area contributed by atoms with Crippen LogP contribution in [0.4, 0.5) is 5.13 Å². The SMILES string of the molecule is CCc1ccc2nc(N(CC3CCCO3)C(=O)Cc3cccc4ccccc34)sc2c1. The summed E-state index contributed by atoms with van der Waals surface area (Å²) in [5.74, 6) is 0.0709. The largest absolute Gasteiger partial charge is 0.376 e. The van der Waals surface area contributed by atoms with E-state index in [1.165, 1.54) is 5.56 Å². The second-order valence-electron chi connectivity index (χ2n) is 8.11. The van der Waals surface area contributed by atoms with Gasteiger partial charge in [0.1, 0.15) is 0 Å². The van der Waals surface area contributed by atoms with Gasteiger partial charge in [0.2, 0.25) is 5.91 Å². The van der Waals surface area contributed by atoms with Crippen molar-refractivity contribution in [3.8, 4) is 0 Å². The van der Waals surface area contributed by atoms with E-state index >= 15 is 0 Å². The molecule has 5 heteroatoms. The van der Waals surface area contributed by atoms with Crippen LogP contribution in [0.2, 0.25) is 0 Å². The normalized spacial score (nSPS) is 16.2. The Kier molecular flexibility index (Phi) is 5.70. The number of hydrogen-bond donors (Lipinski definition) is 0. The fourth-order valence-electron chi connectivity index (χ4n) is 4.28. The van der Waals surface area contributed by atoms with Crippen LogP contribution in [0.15, 0.2) is 60.7 Å². The van der Waals surface area contributed by atoms with Gasteiger partial charge in [0.25, 0.3) is 0 Å². The first-order chi connectivity index (χ1) is 15.2. The third-order valence-corrected chi connectivity index (χ3v) is 7.05. The van der Waals surface area contributed by atoms with Gasteiger partial charge in [-0.3, -0.25) is 9.69 Å². The summed E-state index contributed by atoms with van der Waals surface area (Å²) in [5.41, 5.74) is 3.29. The third-order valence-electron chi connectivity index (χ3n) is 6.01. The van der Waals surface area contributed by atoms with Gasteiger partial charge in [-0.1, -0.05) is 66.8 Å². The highest BCUT2D eigenvalue weighted by Crippen LogP contribution is 2.31. The molecule has 1 fully saturated rings. The lowest BCUT2D eigenvalue weighted by Crippen LogP contribution is -2.38. The minimum atomic E-state index is 0.0709. The van der Waals surface area contributed by atoms with Gasteiger partial charge in [0, 0.05) is 6.61 Å². The van der Waals surface area contributed by atoms with Crippen molar-refractivity contribution in [2.24, 2.45) is 0 Å². The maximum atomic E-state index is 13.6. The highest BCUT2D eigenvalue weighted by molar-refractivity contribution is 7.22. The monoisotopic (exact) mass is 430 g/mol. The molecule has 1 aromatic heterocycles. The Labute approximate surface area is 186 Å². The first-order valence-corrected chi connectivity index (χ1v) is 11.8. The van der Waals surface area contributed by atoms with E-state index in [4.69, 9.17) is 9.72 Å². The molecule has 3 aromatic carbocycles. The molecule has 0 N–H and O–H groups in total. The van der Waals surface area contributed by atoms with E-state index in [2.05, 4.69) is 49.4 Å². The van der Waals surface area contributed by atoms with Gasteiger partial charge < -0.3 is 4.74 Å². The number of benzene rings is 3. The van der Waals surface area contributed by atoms with Crippen molar-refractivity contribution in [3.63, 3.8) is 0 Å². The van der Waals surface area contributed by atoms with Crippen molar-refractivity contribution in [3.05, 3.63) is 71.8 Å². The van der Waals surface area contributed by atoms with Crippen molar-refractivity contribution >= 4 is 43.4 Å². The minimum Gasteiger partial charge on any atom is -0.376 e. The number of fused-ring (bicyclic) bond motifs is 2. The van der Waals surface area contributed by atoms with Crippen LogP contribution in [0.1, 0.15) is 30.9 Å². The number of nitrogens with zero attached hydrogens (tertiary/aromatic N) is 2. The number of ether oxygens (including phenoxy) is 1.